The van der Waals surface area contributed by atoms with Gasteiger partial charge in [0.2, 0.25) is 0 Å². The molecule has 0 radical (unpaired) electrons. The molecule has 152 valence electrons. The van der Waals surface area contributed by atoms with E-state index in [1.165, 1.54) is 0 Å². The number of thioether (sulfide) groups is 1. The first-order valence-electron chi connectivity index (χ1n) is 10.0. The fourth-order valence-electron chi connectivity index (χ4n) is 3.71. The van der Waals surface area contributed by atoms with Gasteiger partial charge in [-0.05, 0) is 24.3 Å². The number of nitrogens with zero attached hydrogens (tertiary/aromatic N) is 3. The Kier molecular flexibility index (Phi) is 6.34. The van der Waals surface area contributed by atoms with E-state index >= 15 is 0 Å². The highest BCUT2D eigenvalue weighted by atomic mass is 32.2. The van der Waals surface area contributed by atoms with E-state index in [2.05, 4.69) is 4.98 Å². The maximum atomic E-state index is 12.9. The zero-order valence-electron chi connectivity index (χ0n) is 16.3. The number of hydrogen-bond acceptors (Lipinski definition) is 5. The van der Waals surface area contributed by atoms with Gasteiger partial charge in [0.1, 0.15) is 11.9 Å². The zero-order valence-corrected chi connectivity index (χ0v) is 17.1. The monoisotopic (exact) mass is 411 g/mol. The summed E-state index contributed by atoms with van der Waals surface area (Å²) in [4.78, 5) is 33.3. The molecule has 1 aromatic heterocycles. The fraction of sp³-hybridized carbons (Fsp3) is 0.409. The molecule has 0 saturated carbocycles. The SMILES string of the molecule is O=C(c1cccnc1)N1CCC(Oc2ccccc2C(=O)N2CCSCC2)CC1. The van der Waals surface area contributed by atoms with Crippen LogP contribution in [0.15, 0.2) is 48.8 Å². The third-order valence-electron chi connectivity index (χ3n) is 5.35. The molecule has 0 bridgehead atoms. The Hall–Kier alpha value is -2.54. The van der Waals surface area contributed by atoms with Crippen LogP contribution in [-0.4, -0.2) is 70.4 Å². The molecule has 2 saturated heterocycles. The van der Waals surface area contributed by atoms with Crippen molar-refractivity contribution in [1.29, 1.82) is 0 Å². The lowest BCUT2D eigenvalue weighted by Crippen LogP contribution is -2.42. The molecule has 2 fully saturated rings. The highest BCUT2D eigenvalue weighted by Crippen LogP contribution is 2.26. The Bertz CT molecular complexity index is 847. The second-order valence-corrected chi connectivity index (χ2v) is 8.48. The molecule has 1 aromatic carbocycles. The lowest BCUT2D eigenvalue weighted by atomic mass is 10.1. The van der Waals surface area contributed by atoms with Gasteiger partial charge in [0.25, 0.3) is 11.8 Å². The Morgan fingerprint density at radius 1 is 0.931 bits per heavy atom. The summed E-state index contributed by atoms with van der Waals surface area (Å²) < 4.78 is 6.23. The molecule has 4 rings (SSSR count). The summed E-state index contributed by atoms with van der Waals surface area (Å²) in [6.07, 6.45) is 4.76. The molecule has 2 aromatic rings. The maximum absolute atomic E-state index is 12.9. The van der Waals surface area contributed by atoms with Crippen LogP contribution in [-0.2, 0) is 0 Å². The number of aromatic nitrogens is 1. The maximum Gasteiger partial charge on any atom is 0.257 e. The minimum atomic E-state index is -0.00110. The third kappa shape index (κ3) is 4.72. The summed E-state index contributed by atoms with van der Waals surface area (Å²) in [5, 5.41) is 0. The molecule has 29 heavy (non-hydrogen) atoms. The van der Waals surface area contributed by atoms with Crippen molar-refractivity contribution >= 4 is 23.6 Å². The quantitative estimate of drug-likeness (QED) is 0.774. The van der Waals surface area contributed by atoms with Crippen LogP contribution < -0.4 is 4.74 Å². The van der Waals surface area contributed by atoms with Crippen molar-refractivity contribution in [3.05, 3.63) is 59.9 Å². The lowest BCUT2D eigenvalue weighted by Gasteiger charge is -2.33. The average Bonchev–Trinajstić information content (AvgIpc) is 2.80. The Morgan fingerprint density at radius 3 is 2.38 bits per heavy atom. The molecule has 2 aliphatic heterocycles. The predicted octanol–water partition coefficient (Wildman–Crippen LogP) is 2.95. The molecule has 0 atom stereocenters. The van der Waals surface area contributed by atoms with Crippen molar-refractivity contribution in [3.63, 3.8) is 0 Å². The van der Waals surface area contributed by atoms with Crippen molar-refractivity contribution in [2.45, 2.75) is 18.9 Å². The highest BCUT2D eigenvalue weighted by Gasteiger charge is 2.27. The minimum Gasteiger partial charge on any atom is -0.489 e. The van der Waals surface area contributed by atoms with Crippen LogP contribution in [0.3, 0.4) is 0 Å². The Labute approximate surface area is 175 Å². The number of para-hydroxylation sites is 1. The van der Waals surface area contributed by atoms with E-state index in [0.717, 1.165) is 37.4 Å². The first-order chi connectivity index (χ1) is 14.2. The summed E-state index contributed by atoms with van der Waals surface area (Å²) >= 11 is 1.88. The van der Waals surface area contributed by atoms with E-state index in [0.29, 0.717) is 30.0 Å². The number of amides is 2. The molecular weight excluding hydrogens is 386 g/mol. The van der Waals surface area contributed by atoms with E-state index in [4.69, 9.17) is 4.74 Å². The van der Waals surface area contributed by atoms with Gasteiger partial charge in [-0.15, -0.1) is 0 Å². The molecule has 0 unspecified atom stereocenters. The highest BCUT2D eigenvalue weighted by molar-refractivity contribution is 7.99. The summed E-state index contributed by atoms with van der Waals surface area (Å²) in [6, 6.07) is 11.1. The number of rotatable bonds is 4. The lowest BCUT2D eigenvalue weighted by molar-refractivity contribution is 0.0590. The van der Waals surface area contributed by atoms with E-state index in [1.807, 2.05) is 45.8 Å². The standard InChI is InChI=1S/C22H25N3O3S/c26-21(17-4-3-9-23-16-17)24-10-7-18(8-11-24)28-20-6-2-1-5-19(20)22(27)25-12-14-29-15-13-25/h1-6,9,16,18H,7-8,10-15H2. The second-order valence-electron chi connectivity index (χ2n) is 7.25. The smallest absolute Gasteiger partial charge is 0.257 e. The Balaban J connectivity index is 1.37. The number of carbonyl (C=O) groups excluding carboxylic acids is 2. The summed E-state index contributed by atoms with van der Waals surface area (Å²) in [7, 11) is 0. The van der Waals surface area contributed by atoms with E-state index < -0.39 is 0 Å². The molecule has 3 heterocycles. The molecule has 7 heteroatoms. The third-order valence-corrected chi connectivity index (χ3v) is 6.29. The largest absolute Gasteiger partial charge is 0.489 e. The van der Waals surface area contributed by atoms with Gasteiger partial charge in [-0.1, -0.05) is 12.1 Å². The molecule has 0 spiro atoms. The van der Waals surface area contributed by atoms with Crippen LogP contribution in [0.25, 0.3) is 0 Å². The van der Waals surface area contributed by atoms with Crippen LogP contribution in [0.2, 0.25) is 0 Å². The van der Waals surface area contributed by atoms with Gasteiger partial charge >= 0.3 is 0 Å². The number of pyridine rings is 1. The van der Waals surface area contributed by atoms with Gasteiger partial charge in [0.05, 0.1) is 11.1 Å². The topological polar surface area (TPSA) is 62.7 Å². The summed E-state index contributed by atoms with van der Waals surface area (Å²) in [6.45, 7) is 2.84. The van der Waals surface area contributed by atoms with Crippen molar-refractivity contribution in [2.24, 2.45) is 0 Å². The van der Waals surface area contributed by atoms with Gasteiger partial charge in [-0.25, -0.2) is 0 Å². The first kappa shape index (κ1) is 19.8. The fourth-order valence-corrected chi connectivity index (χ4v) is 4.61. The van der Waals surface area contributed by atoms with Crippen molar-refractivity contribution in [1.82, 2.24) is 14.8 Å². The summed E-state index contributed by atoms with van der Waals surface area (Å²) in [5.74, 6) is 2.67. The number of hydrogen-bond donors (Lipinski definition) is 0. The molecule has 0 aliphatic carbocycles. The van der Waals surface area contributed by atoms with Gasteiger partial charge in [0.15, 0.2) is 0 Å². The molecule has 6 nitrogen and oxygen atoms in total. The zero-order chi connectivity index (χ0) is 20.1. The number of ether oxygens (including phenoxy) is 1. The summed E-state index contributed by atoms with van der Waals surface area (Å²) in [5.41, 5.74) is 1.25. The van der Waals surface area contributed by atoms with E-state index in [1.54, 1.807) is 24.5 Å². The predicted molar refractivity (Wildman–Crippen MR) is 113 cm³/mol. The number of piperidine rings is 1. The van der Waals surface area contributed by atoms with E-state index in [9.17, 15) is 9.59 Å². The molecule has 2 amide bonds. The van der Waals surface area contributed by atoms with Gasteiger partial charge in [-0.3, -0.25) is 14.6 Å². The molecule has 0 N–H and O–H groups in total. The number of benzene rings is 1. The average molecular weight is 412 g/mol. The van der Waals surface area contributed by atoms with E-state index in [-0.39, 0.29) is 17.9 Å². The van der Waals surface area contributed by atoms with Gasteiger partial charge in [0, 0.05) is 62.9 Å². The molecule has 2 aliphatic rings. The van der Waals surface area contributed by atoms with Crippen LogP contribution in [0.4, 0.5) is 0 Å². The van der Waals surface area contributed by atoms with Gasteiger partial charge in [-0.2, -0.15) is 11.8 Å². The van der Waals surface area contributed by atoms with Crippen molar-refractivity contribution in [2.75, 3.05) is 37.7 Å². The van der Waals surface area contributed by atoms with Crippen LogP contribution in [0.5, 0.6) is 5.75 Å². The van der Waals surface area contributed by atoms with Crippen molar-refractivity contribution < 1.29 is 14.3 Å². The van der Waals surface area contributed by atoms with Crippen molar-refractivity contribution in [3.8, 4) is 5.75 Å². The van der Waals surface area contributed by atoms with Crippen LogP contribution in [0, 0.1) is 0 Å². The van der Waals surface area contributed by atoms with Crippen LogP contribution >= 0.6 is 11.8 Å². The number of carbonyl (C=O) groups is 2. The van der Waals surface area contributed by atoms with Gasteiger partial charge < -0.3 is 14.5 Å². The second kappa shape index (κ2) is 9.31. The molecular formula is C22H25N3O3S. The normalized spacial score (nSPS) is 17.8. The number of likely N-dealkylation sites (tertiary alicyclic amines) is 1. The minimum absolute atomic E-state index is 0.00110. The Morgan fingerprint density at radius 2 is 1.66 bits per heavy atom. The van der Waals surface area contributed by atoms with Crippen LogP contribution in [0.1, 0.15) is 33.6 Å². The first-order valence-corrected chi connectivity index (χ1v) is 11.2.